The molecule has 34 heavy (non-hydrogen) atoms. The summed E-state index contributed by atoms with van der Waals surface area (Å²) in [5.41, 5.74) is 2.29. The normalized spacial score (nSPS) is 21.5. The lowest BCUT2D eigenvalue weighted by Crippen LogP contribution is -2.36. The van der Waals surface area contributed by atoms with Gasteiger partial charge in [-0.1, -0.05) is 68.8 Å². The largest absolute Gasteiger partial charge is 0.483 e. The van der Waals surface area contributed by atoms with Crippen molar-refractivity contribution in [1.29, 1.82) is 0 Å². The van der Waals surface area contributed by atoms with Crippen LogP contribution in [0.2, 0.25) is 5.02 Å². The highest BCUT2D eigenvalue weighted by Gasteiger charge is 2.41. The molecule has 0 amide bonds. The van der Waals surface area contributed by atoms with Gasteiger partial charge in [-0.15, -0.1) is 0 Å². The van der Waals surface area contributed by atoms with Gasteiger partial charge in [-0.25, -0.2) is 0 Å². The Labute approximate surface area is 208 Å². The molecule has 1 saturated carbocycles. The minimum Gasteiger partial charge on any atom is -0.483 e. The summed E-state index contributed by atoms with van der Waals surface area (Å²) in [4.78, 5) is 27.4. The minimum absolute atomic E-state index is 0.0220. The van der Waals surface area contributed by atoms with Crippen LogP contribution >= 0.6 is 11.6 Å². The number of ether oxygens (including phenoxy) is 1. The molecule has 2 aliphatic rings. The molecule has 2 aliphatic carbocycles. The summed E-state index contributed by atoms with van der Waals surface area (Å²) >= 11 is 6.07. The fourth-order valence-electron chi connectivity index (χ4n) is 5.88. The van der Waals surface area contributed by atoms with Gasteiger partial charge < -0.3 is 4.74 Å². The summed E-state index contributed by atoms with van der Waals surface area (Å²) in [7, 11) is 0. The smallest absolute Gasteiger partial charge is 0.228 e. The van der Waals surface area contributed by atoms with Crippen molar-refractivity contribution < 1.29 is 14.3 Å². The van der Waals surface area contributed by atoms with E-state index >= 15 is 0 Å². The Bertz CT molecular complexity index is 1110. The van der Waals surface area contributed by atoms with Gasteiger partial charge in [0.25, 0.3) is 0 Å². The van der Waals surface area contributed by atoms with Gasteiger partial charge in [0.2, 0.25) is 5.78 Å². The zero-order chi connectivity index (χ0) is 24.7. The van der Waals surface area contributed by atoms with Gasteiger partial charge in [-0.05, 0) is 80.9 Å². The van der Waals surface area contributed by atoms with Crippen molar-refractivity contribution in [3.63, 3.8) is 0 Å². The molecular weight excluding hydrogens is 444 g/mol. The lowest BCUT2D eigenvalue weighted by Gasteiger charge is -2.37. The standard InChI is InChI=1S/C30H35ClO3/c1-29(2,3)18-30(4,5)34-28-25(26(32)23-8-6-7-9-24(23)27(28)33)21-12-10-19(11-13-21)20-14-16-22(31)17-15-20/h6-9,14-17,19,21H,10-13,18H2,1-5H3. The van der Waals surface area contributed by atoms with E-state index < -0.39 is 5.60 Å². The summed E-state index contributed by atoms with van der Waals surface area (Å²) < 4.78 is 6.48. The molecule has 2 aromatic carbocycles. The zero-order valence-corrected chi connectivity index (χ0v) is 21.7. The van der Waals surface area contributed by atoms with Crippen LogP contribution in [0, 0.1) is 11.3 Å². The topological polar surface area (TPSA) is 43.4 Å². The van der Waals surface area contributed by atoms with E-state index in [-0.39, 0.29) is 28.7 Å². The molecule has 0 spiro atoms. The number of halogens is 1. The molecule has 0 aromatic heterocycles. The second kappa shape index (κ2) is 9.34. The molecule has 0 atom stereocenters. The van der Waals surface area contributed by atoms with E-state index in [1.165, 1.54) is 5.56 Å². The number of Topliss-reactive ketones (excluding diaryl/α,β-unsaturated/α-hetero) is 2. The third-order valence-corrected chi connectivity index (χ3v) is 7.18. The van der Waals surface area contributed by atoms with Gasteiger partial charge in [-0.3, -0.25) is 9.59 Å². The molecular formula is C30H35ClO3. The van der Waals surface area contributed by atoms with Crippen LogP contribution in [0.4, 0.5) is 0 Å². The van der Waals surface area contributed by atoms with Gasteiger partial charge in [0.15, 0.2) is 11.5 Å². The van der Waals surface area contributed by atoms with Gasteiger partial charge in [0, 0.05) is 21.7 Å². The molecule has 0 heterocycles. The van der Waals surface area contributed by atoms with E-state index in [1.807, 2.05) is 38.1 Å². The first-order valence-electron chi connectivity index (χ1n) is 12.3. The van der Waals surface area contributed by atoms with E-state index in [0.717, 1.165) is 37.1 Å². The molecule has 1 fully saturated rings. The van der Waals surface area contributed by atoms with Crippen LogP contribution in [0.15, 0.2) is 59.9 Å². The highest BCUT2D eigenvalue weighted by atomic mass is 35.5. The van der Waals surface area contributed by atoms with Crippen molar-refractivity contribution in [2.45, 2.75) is 78.2 Å². The van der Waals surface area contributed by atoms with Crippen molar-refractivity contribution >= 4 is 23.2 Å². The Hall–Kier alpha value is -2.39. The summed E-state index contributed by atoms with van der Waals surface area (Å²) in [6.45, 7) is 10.5. The number of ketones is 2. The first-order chi connectivity index (χ1) is 16.0. The second-order valence-electron chi connectivity index (χ2n) is 11.6. The molecule has 2 aromatic rings. The minimum atomic E-state index is -0.568. The van der Waals surface area contributed by atoms with Gasteiger partial charge in [-0.2, -0.15) is 0 Å². The highest BCUT2D eigenvalue weighted by Crippen LogP contribution is 2.44. The van der Waals surface area contributed by atoms with Crippen LogP contribution in [-0.2, 0) is 4.74 Å². The predicted octanol–water partition coefficient (Wildman–Crippen LogP) is 8.18. The first kappa shape index (κ1) is 24.7. The average Bonchev–Trinajstić information content (AvgIpc) is 2.76. The van der Waals surface area contributed by atoms with Crippen LogP contribution < -0.4 is 0 Å². The molecule has 4 heteroatoms. The Morgan fingerprint density at radius 3 is 1.88 bits per heavy atom. The van der Waals surface area contributed by atoms with Crippen LogP contribution in [0.25, 0.3) is 0 Å². The summed E-state index contributed by atoms with van der Waals surface area (Å²) in [6, 6.07) is 15.2. The summed E-state index contributed by atoms with van der Waals surface area (Å²) in [6.07, 6.45) is 4.42. The van der Waals surface area contributed by atoms with Crippen molar-refractivity contribution in [3.05, 3.63) is 81.6 Å². The lowest BCUT2D eigenvalue weighted by molar-refractivity contribution is -0.00187. The number of carbonyl (C=O) groups excluding carboxylic acids is 2. The number of allylic oxidation sites excluding steroid dienone is 2. The molecule has 0 N–H and O–H groups in total. The van der Waals surface area contributed by atoms with Gasteiger partial charge in [0.1, 0.15) is 5.60 Å². The highest BCUT2D eigenvalue weighted by molar-refractivity contribution is 6.30. The lowest BCUT2D eigenvalue weighted by atomic mass is 9.72. The van der Waals surface area contributed by atoms with E-state index in [1.54, 1.807) is 12.1 Å². The monoisotopic (exact) mass is 478 g/mol. The molecule has 180 valence electrons. The maximum atomic E-state index is 13.7. The van der Waals surface area contributed by atoms with Gasteiger partial charge >= 0.3 is 0 Å². The third-order valence-electron chi connectivity index (χ3n) is 6.92. The van der Waals surface area contributed by atoms with Crippen molar-refractivity contribution in [1.82, 2.24) is 0 Å². The molecule has 0 unspecified atom stereocenters. The average molecular weight is 479 g/mol. The van der Waals surface area contributed by atoms with Crippen molar-refractivity contribution in [2.75, 3.05) is 0 Å². The number of carbonyl (C=O) groups is 2. The van der Waals surface area contributed by atoms with Gasteiger partial charge in [0.05, 0.1) is 0 Å². The number of hydrogen-bond acceptors (Lipinski definition) is 3. The molecule has 4 rings (SSSR count). The third kappa shape index (κ3) is 5.30. The quantitative estimate of drug-likeness (QED) is 0.435. The van der Waals surface area contributed by atoms with E-state index in [2.05, 4.69) is 32.9 Å². The number of benzene rings is 2. The zero-order valence-electron chi connectivity index (χ0n) is 20.9. The van der Waals surface area contributed by atoms with Crippen LogP contribution in [0.1, 0.15) is 98.9 Å². The molecule has 0 saturated heterocycles. The fraction of sp³-hybridized carbons (Fsp3) is 0.467. The molecule has 0 bridgehead atoms. The Morgan fingerprint density at radius 2 is 1.32 bits per heavy atom. The SMILES string of the molecule is CC(C)(C)CC(C)(C)OC1=C(C2CCC(c3ccc(Cl)cc3)CC2)C(=O)c2ccccc2C1=O. The molecule has 3 nitrogen and oxygen atoms in total. The van der Waals surface area contributed by atoms with E-state index in [0.29, 0.717) is 22.6 Å². The molecule has 0 radical (unpaired) electrons. The Balaban J connectivity index is 1.66. The fourth-order valence-corrected chi connectivity index (χ4v) is 6.01. The van der Waals surface area contributed by atoms with Crippen molar-refractivity contribution in [2.24, 2.45) is 11.3 Å². The maximum absolute atomic E-state index is 13.7. The second-order valence-corrected chi connectivity index (χ2v) is 12.1. The summed E-state index contributed by atoms with van der Waals surface area (Å²) in [5.74, 6) is 0.526. The summed E-state index contributed by atoms with van der Waals surface area (Å²) in [5, 5.41) is 0.743. The van der Waals surface area contributed by atoms with Crippen LogP contribution in [0.5, 0.6) is 0 Å². The van der Waals surface area contributed by atoms with E-state index in [9.17, 15) is 9.59 Å². The van der Waals surface area contributed by atoms with Crippen LogP contribution in [-0.4, -0.2) is 17.2 Å². The number of fused-ring (bicyclic) bond motifs is 1. The Morgan fingerprint density at radius 1 is 0.794 bits per heavy atom. The molecule has 0 aliphatic heterocycles. The number of hydrogen-bond donors (Lipinski definition) is 0. The van der Waals surface area contributed by atoms with E-state index in [4.69, 9.17) is 16.3 Å². The number of rotatable bonds is 5. The van der Waals surface area contributed by atoms with Crippen molar-refractivity contribution in [3.8, 4) is 0 Å². The maximum Gasteiger partial charge on any atom is 0.228 e. The Kier molecular flexibility index (Phi) is 6.79. The first-order valence-corrected chi connectivity index (χ1v) is 12.7. The van der Waals surface area contributed by atoms with Crippen LogP contribution in [0.3, 0.4) is 0 Å². The predicted molar refractivity (Wildman–Crippen MR) is 138 cm³/mol.